The fourth-order valence-corrected chi connectivity index (χ4v) is 3.40. The first-order valence-corrected chi connectivity index (χ1v) is 9.76. The van der Waals surface area contributed by atoms with E-state index in [4.69, 9.17) is 9.47 Å². The highest BCUT2D eigenvalue weighted by molar-refractivity contribution is 6.50. The molecule has 0 saturated heterocycles. The molecule has 0 spiro atoms. The quantitative estimate of drug-likeness (QED) is 0.407. The standard InChI is InChI=1S/C23H27NO4/c1-4-5-7-12-17-13-18(27-15-16-10-8-6-9-11-16)20-19(14-17)28-23(2,3)22(24-26)21(20)25/h6,8-11,13-14,26H,4-5,7,12,15H2,1-3H3/b24-22+. The highest BCUT2D eigenvalue weighted by atomic mass is 16.5. The van der Waals surface area contributed by atoms with E-state index in [2.05, 4.69) is 12.1 Å². The Hall–Kier alpha value is -2.82. The molecule has 148 valence electrons. The number of fused-ring (bicyclic) bond motifs is 1. The first-order chi connectivity index (χ1) is 13.5. The van der Waals surface area contributed by atoms with Crippen LogP contribution in [-0.4, -0.2) is 22.3 Å². The SMILES string of the molecule is CCCCCc1cc(OCc2ccccc2)c2c(c1)OC(C)(C)/C(=N/O)C2=O. The third-order valence-corrected chi connectivity index (χ3v) is 4.91. The van der Waals surface area contributed by atoms with Gasteiger partial charge in [0.15, 0.2) is 11.3 Å². The maximum absolute atomic E-state index is 13.0. The van der Waals surface area contributed by atoms with Gasteiger partial charge in [-0.05, 0) is 49.9 Å². The summed E-state index contributed by atoms with van der Waals surface area (Å²) in [6.45, 7) is 5.95. The van der Waals surface area contributed by atoms with E-state index in [1.807, 2.05) is 42.5 Å². The number of ketones is 1. The van der Waals surface area contributed by atoms with Gasteiger partial charge in [0.25, 0.3) is 0 Å². The average molecular weight is 381 g/mol. The van der Waals surface area contributed by atoms with E-state index in [-0.39, 0.29) is 11.5 Å². The normalized spacial score (nSPS) is 16.5. The molecule has 5 nitrogen and oxygen atoms in total. The van der Waals surface area contributed by atoms with Gasteiger partial charge in [-0.25, -0.2) is 0 Å². The Kier molecular flexibility index (Phi) is 6.02. The van der Waals surface area contributed by atoms with E-state index in [0.717, 1.165) is 36.8 Å². The monoisotopic (exact) mass is 381 g/mol. The van der Waals surface area contributed by atoms with Crippen LogP contribution in [0.2, 0.25) is 0 Å². The van der Waals surface area contributed by atoms with Crippen molar-refractivity contribution in [2.24, 2.45) is 5.16 Å². The number of carbonyl (C=O) groups is 1. The van der Waals surface area contributed by atoms with Crippen LogP contribution in [0.1, 0.15) is 61.5 Å². The van der Waals surface area contributed by atoms with E-state index in [0.29, 0.717) is 23.7 Å². The van der Waals surface area contributed by atoms with Crippen molar-refractivity contribution in [3.63, 3.8) is 0 Å². The summed E-state index contributed by atoms with van der Waals surface area (Å²) in [5, 5.41) is 12.6. The molecule has 1 N–H and O–H groups in total. The summed E-state index contributed by atoms with van der Waals surface area (Å²) in [5.74, 6) is 0.589. The van der Waals surface area contributed by atoms with Gasteiger partial charge in [0, 0.05) is 0 Å². The van der Waals surface area contributed by atoms with E-state index >= 15 is 0 Å². The fraction of sp³-hybridized carbons (Fsp3) is 0.391. The van der Waals surface area contributed by atoms with Gasteiger partial charge in [0.1, 0.15) is 23.7 Å². The molecule has 3 rings (SSSR count). The topological polar surface area (TPSA) is 68.1 Å². The second kappa shape index (κ2) is 8.46. The summed E-state index contributed by atoms with van der Waals surface area (Å²) in [6, 6.07) is 13.6. The lowest BCUT2D eigenvalue weighted by Crippen LogP contribution is -2.47. The summed E-state index contributed by atoms with van der Waals surface area (Å²) in [5.41, 5.74) is 1.37. The molecule has 0 unspecified atom stereocenters. The van der Waals surface area contributed by atoms with Crippen molar-refractivity contribution >= 4 is 11.5 Å². The zero-order valence-electron chi connectivity index (χ0n) is 16.7. The van der Waals surface area contributed by atoms with Gasteiger partial charge in [0.2, 0.25) is 5.78 Å². The molecule has 0 bridgehead atoms. The minimum absolute atomic E-state index is 0.0247. The van der Waals surface area contributed by atoms with Crippen LogP contribution in [-0.2, 0) is 13.0 Å². The predicted molar refractivity (Wildman–Crippen MR) is 109 cm³/mol. The highest BCUT2D eigenvalue weighted by Crippen LogP contribution is 2.39. The molecule has 0 aromatic heterocycles. The zero-order valence-corrected chi connectivity index (χ0v) is 16.7. The van der Waals surface area contributed by atoms with Crippen LogP contribution >= 0.6 is 0 Å². The summed E-state index contributed by atoms with van der Waals surface area (Å²) in [6.07, 6.45) is 4.24. The number of Topliss-reactive ketones (excluding diaryl/α,β-unsaturated/α-hetero) is 1. The van der Waals surface area contributed by atoms with Gasteiger partial charge in [0.05, 0.1) is 0 Å². The lowest BCUT2D eigenvalue weighted by atomic mass is 9.89. The number of hydrogen-bond donors (Lipinski definition) is 1. The molecule has 1 heterocycles. The number of rotatable bonds is 7. The maximum atomic E-state index is 13.0. The maximum Gasteiger partial charge on any atom is 0.222 e. The summed E-state index contributed by atoms with van der Waals surface area (Å²) >= 11 is 0. The van der Waals surface area contributed by atoms with Gasteiger partial charge in [-0.2, -0.15) is 0 Å². The Morgan fingerprint density at radius 3 is 2.54 bits per heavy atom. The van der Waals surface area contributed by atoms with Crippen LogP contribution in [0.15, 0.2) is 47.6 Å². The van der Waals surface area contributed by atoms with Gasteiger partial charge in [-0.15, -0.1) is 0 Å². The van der Waals surface area contributed by atoms with Crippen LogP contribution in [0, 0.1) is 0 Å². The molecular weight excluding hydrogens is 354 g/mol. The van der Waals surface area contributed by atoms with Gasteiger partial charge in [-0.1, -0.05) is 55.3 Å². The minimum atomic E-state index is -1.00. The largest absolute Gasteiger partial charge is 0.488 e. The molecule has 2 aromatic carbocycles. The minimum Gasteiger partial charge on any atom is -0.488 e. The average Bonchev–Trinajstić information content (AvgIpc) is 2.66. The number of aryl methyl sites for hydroxylation is 1. The molecule has 2 aromatic rings. The predicted octanol–water partition coefficient (Wildman–Crippen LogP) is 5.18. The lowest BCUT2D eigenvalue weighted by molar-refractivity contribution is 0.0961. The smallest absolute Gasteiger partial charge is 0.222 e. The Morgan fingerprint density at radius 1 is 1.11 bits per heavy atom. The second-order valence-electron chi connectivity index (χ2n) is 7.59. The van der Waals surface area contributed by atoms with Gasteiger partial charge >= 0.3 is 0 Å². The van der Waals surface area contributed by atoms with Crippen LogP contribution in [0.3, 0.4) is 0 Å². The van der Waals surface area contributed by atoms with Crippen molar-refractivity contribution in [2.75, 3.05) is 0 Å². The molecule has 5 heteroatoms. The van der Waals surface area contributed by atoms with Gasteiger partial charge < -0.3 is 14.7 Å². The Bertz CT molecular complexity index is 872. The Balaban J connectivity index is 1.98. The molecule has 0 radical (unpaired) electrons. The van der Waals surface area contributed by atoms with E-state index in [1.165, 1.54) is 0 Å². The van der Waals surface area contributed by atoms with Crippen molar-refractivity contribution in [2.45, 2.75) is 58.7 Å². The first-order valence-electron chi connectivity index (χ1n) is 9.76. The Morgan fingerprint density at radius 2 is 1.86 bits per heavy atom. The van der Waals surface area contributed by atoms with Crippen molar-refractivity contribution in [1.29, 1.82) is 0 Å². The molecule has 0 aliphatic carbocycles. The number of carbonyl (C=O) groups excluding carboxylic acids is 1. The number of ether oxygens (including phenoxy) is 2. The fourth-order valence-electron chi connectivity index (χ4n) is 3.40. The van der Waals surface area contributed by atoms with Crippen LogP contribution in [0.5, 0.6) is 11.5 Å². The van der Waals surface area contributed by atoms with Crippen LogP contribution < -0.4 is 9.47 Å². The van der Waals surface area contributed by atoms with E-state index < -0.39 is 5.60 Å². The third kappa shape index (κ3) is 4.19. The summed E-state index contributed by atoms with van der Waals surface area (Å²) in [4.78, 5) is 13.0. The second-order valence-corrected chi connectivity index (χ2v) is 7.59. The van der Waals surface area contributed by atoms with Crippen molar-refractivity contribution < 1.29 is 19.5 Å². The summed E-state index contributed by atoms with van der Waals surface area (Å²) in [7, 11) is 0. The van der Waals surface area contributed by atoms with Crippen LogP contribution in [0.4, 0.5) is 0 Å². The number of oxime groups is 1. The molecule has 0 saturated carbocycles. The summed E-state index contributed by atoms with van der Waals surface area (Å²) < 4.78 is 12.1. The molecule has 1 aliphatic heterocycles. The van der Waals surface area contributed by atoms with E-state index in [1.54, 1.807) is 13.8 Å². The Labute approximate surface area is 166 Å². The number of unbranched alkanes of at least 4 members (excludes halogenated alkanes) is 2. The number of nitrogens with zero attached hydrogens (tertiary/aromatic N) is 1. The third-order valence-electron chi connectivity index (χ3n) is 4.91. The van der Waals surface area contributed by atoms with Crippen LogP contribution in [0.25, 0.3) is 0 Å². The van der Waals surface area contributed by atoms with E-state index in [9.17, 15) is 10.0 Å². The molecule has 1 aliphatic rings. The lowest BCUT2D eigenvalue weighted by Gasteiger charge is -2.33. The highest BCUT2D eigenvalue weighted by Gasteiger charge is 2.42. The molecule has 0 amide bonds. The number of benzene rings is 2. The zero-order chi connectivity index (χ0) is 20.1. The first kappa shape index (κ1) is 19.9. The molecular formula is C23H27NO4. The van der Waals surface area contributed by atoms with Gasteiger partial charge in [-0.3, -0.25) is 4.79 Å². The van der Waals surface area contributed by atoms with Crippen molar-refractivity contribution in [3.05, 3.63) is 59.2 Å². The number of hydrogen-bond acceptors (Lipinski definition) is 5. The van der Waals surface area contributed by atoms with Crippen molar-refractivity contribution in [3.8, 4) is 11.5 Å². The van der Waals surface area contributed by atoms with Crippen molar-refractivity contribution in [1.82, 2.24) is 0 Å². The molecule has 0 fully saturated rings. The molecule has 0 atom stereocenters. The molecule has 28 heavy (non-hydrogen) atoms.